The van der Waals surface area contributed by atoms with Gasteiger partial charge >= 0.3 is 5.97 Å². The lowest BCUT2D eigenvalue weighted by Gasteiger charge is -2.09. The fraction of sp³-hybridized carbons (Fsp3) is 0.188. The van der Waals surface area contributed by atoms with Gasteiger partial charge in [-0.05, 0) is 36.8 Å². The van der Waals surface area contributed by atoms with Crippen molar-refractivity contribution in [3.8, 4) is 11.5 Å². The number of benzene rings is 2. The molecule has 2 rings (SSSR count). The van der Waals surface area contributed by atoms with Gasteiger partial charge in [-0.3, -0.25) is 4.79 Å². The molecule has 0 amide bonds. The van der Waals surface area contributed by atoms with Gasteiger partial charge in [0.05, 0.1) is 18.1 Å². The molecular formula is C16H15ClO3. The summed E-state index contributed by atoms with van der Waals surface area (Å²) in [6, 6.07) is 14.6. The third kappa shape index (κ3) is 4.00. The van der Waals surface area contributed by atoms with Crippen LogP contribution in [-0.4, -0.2) is 12.6 Å². The fourth-order valence-electron chi connectivity index (χ4n) is 1.73. The number of carbonyl (C=O) groups excluding carboxylic acids is 1. The smallest absolute Gasteiger partial charge is 0.310 e. The Labute approximate surface area is 123 Å². The Balaban J connectivity index is 2.14. The van der Waals surface area contributed by atoms with Crippen LogP contribution in [0, 0.1) is 0 Å². The Hall–Kier alpha value is -2.00. The van der Waals surface area contributed by atoms with Crippen LogP contribution in [-0.2, 0) is 16.0 Å². The largest absolute Gasteiger partial charge is 0.466 e. The third-order valence-corrected chi connectivity index (χ3v) is 2.93. The van der Waals surface area contributed by atoms with Crippen LogP contribution >= 0.6 is 11.6 Å². The molecule has 2 aromatic rings. The summed E-state index contributed by atoms with van der Waals surface area (Å²) in [6.07, 6.45) is 0.205. The molecule has 0 radical (unpaired) electrons. The molecule has 0 N–H and O–H groups in total. The summed E-state index contributed by atoms with van der Waals surface area (Å²) in [5.41, 5.74) is 0.804. The lowest BCUT2D eigenvalue weighted by atomic mass is 10.1. The number of halogens is 1. The maximum Gasteiger partial charge on any atom is 0.310 e. The Morgan fingerprint density at radius 1 is 1.15 bits per heavy atom. The van der Waals surface area contributed by atoms with E-state index in [9.17, 15) is 4.79 Å². The van der Waals surface area contributed by atoms with E-state index in [2.05, 4.69) is 0 Å². The highest BCUT2D eigenvalue weighted by molar-refractivity contribution is 6.32. The molecule has 0 heterocycles. The second-order valence-corrected chi connectivity index (χ2v) is 4.57. The van der Waals surface area contributed by atoms with Crippen molar-refractivity contribution >= 4 is 17.6 Å². The summed E-state index contributed by atoms with van der Waals surface area (Å²) in [5, 5.41) is 0.501. The minimum absolute atomic E-state index is 0.205. The first kappa shape index (κ1) is 14.4. The van der Waals surface area contributed by atoms with Crippen molar-refractivity contribution in [2.45, 2.75) is 13.3 Å². The van der Waals surface area contributed by atoms with Gasteiger partial charge in [-0.25, -0.2) is 0 Å². The van der Waals surface area contributed by atoms with Gasteiger partial charge in [0.2, 0.25) is 0 Å². The summed E-state index contributed by atoms with van der Waals surface area (Å²) in [4.78, 5) is 11.5. The van der Waals surface area contributed by atoms with Gasteiger partial charge in [0.1, 0.15) is 11.5 Å². The molecule has 0 aliphatic rings. The monoisotopic (exact) mass is 290 g/mol. The number of esters is 1. The summed E-state index contributed by atoms with van der Waals surface area (Å²) in [6.45, 7) is 2.16. The first-order valence-corrected chi connectivity index (χ1v) is 6.74. The first-order valence-electron chi connectivity index (χ1n) is 6.36. The molecule has 0 saturated carbocycles. The molecule has 0 fully saturated rings. The van der Waals surface area contributed by atoms with Crippen molar-refractivity contribution in [1.82, 2.24) is 0 Å². The zero-order valence-corrected chi connectivity index (χ0v) is 11.9. The van der Waals surface area contributed by atoms with E-state index < -0.39 is 0 Å². The molecular weight excluding hydrogens is 276 g/mol. The first-order chi connectivity index (χ1) is 9.69. The lowest BCUT2D eigenvalue weighted by molar-refractivity contribution is -0.142. The van der Waals surface area contributed by atoms with E-state index in [0.717, 1.165) is 5.56 Å². The normalized spacial score (nSPS) is 10.1. The van der Waals surface area contributed by atoms with Gasteiger partial charge in [-0.2, -0.15) is 0 Å². The number of ether oxygens (including phenoxy) is 2. The van der Waals surface area contributed by atoms with Crippen LogP contribution in [0.4, 0.5) is 0 Å². The van der Waals surface area contributed by atoms with Crippen LogP contribution < -0.4 is 4.74 Å². The predicted octanol–water partition coefficient (Wildman–Crippen LogP) is 4.24. The van der Waals surface area contributed by atoms with Crippen LogP contribution in [0.2, 0.25) is 5.02 Å². The maximum atomic E-state index is 11.5. The highest BCUT2D eigenvalue weighted by Crippen LogP contribution is 2.30. The molecule has 0 aliphatic heterocycles. The summed E-state index contributed by atoms with van der Waals surface area (Å²) < 4.78 is 10.6. The van der Waals surface area contributed by atoms with E-state index in [4.69, 9.17) is 21.1 Å². The van der Waals surface area contributed by atoms with Crippen molar-refractivity contribution in [2.24, 2.45) is 0 Å². The van der Waals surface area contributed by atoms with Crippen LogP contribution in [0.25, 0.3) is 0 Å². The van der Waals surface area contributed by atoms with E-state index in [1.165, 1.54) is 0 Å². The van der Waals surface area contributed by atoms with Crippen LogP contribution in [0.15, 0.2) is 48.5 Å². The van der Waals surface area contributed by atoms with Crippen molar-refractivity contribution in [3.05, 3.63) is 59.1 Å². The van der Waals surface area contributed by atoms with Crippen molar-refractivity contribution in [3.63, 3.8) is 0 Å². The molecule has 4 heteroatoms. The number of rotatable bonds is 5. The van der Waals surface area contributed by atoms with E-state index in [-0.39, 0.29) is 12.4 Å². The van der Waals surface area contributed by atoms with Crippen LogP contribution in [0.5, 0.6) is 11.5 Å². The zero-order chi connectivity index (χ0) is 14.4. The molecule has 0 aliphatic carbocycles. The molecule has 0 saturated heterocycles. The van der Waals surface area contributed by atoms with E-state index >= 15 is 0 Å². The summed E-state index contributed by atoms with van der Waals surface area (Å²) >= 11 is 6.10. The molecule has 20 heavy (non-hydrogen) atoms. The molecule has 0 bridgehead atoms. The molecule has 0 spiro atoms. The molecule has 104 valence electrons. The Morgan fingerprint density at radius 3 is 2.60 bits per heavy atom. The summed E-state index contributed by atoms with van der Waals surface area (Å²) in [5.74, 6) is 0.961. The van der Waals surface area contributed by atoms with Crippen molar-refractivity contribution < 1.29 is 14.3 Å². The molecule has 2 aromatic carbocycles. The minimum atomic E-state index is -0.263. The Morgan fingerprint density at radius 2 is 1.90 bits per heavy atom. The van der Waals surface area contributed by atoms with Gasteiger partial charge in [0.25, 0.3) is 0 Å². The van der Waals surface area contributed by atoms with Crippen LogP contribution in [0.3, 0.4) is 0 Å². The number of hydrogen-bond donors (Lipinski definition) is 0. The summed E-state index contributed by atoms with van der Waals surface area (Å²) in [7, 11) is 0. The molecule has 0 atom stereocenters. The van der Waals surface area contributed by atoms with Crippen molar-refractivity contribution in [2.75, 3.05) is 6.61 Å². The van der Waals surface area contributed by atoms with Gasteiger partial charge in [0.15, 0.2) is 0 Å². The second-order valence-electron chi connectivity index (χ2n) is 4.16. The maximum absolute atomic E-state index is 11.5. The molecule has 0 aromatic heterocycles. The van der Waals surface area contributed by atoms with Gasteiger partial charge in [-0.15, -0.1) is 0 Å². The second kappa shape index (κ2) is 6.96. The quantitative estimate of drug-likeness (QED) is 0.773. The predicted molar refractivity (Wildman–Crippen MR) is 78.3 cm³/mol. The topological polar surface area (TPSA) is 35.5 Å². The number of carbonyl (C=O) groups is 1. The average Bonchev–Trinajstić information content (AvgIpc) is 2.44. The van der Waals surface area contributed by atoms with Crippen LogP contribution in [0.1, 0.15) is 12.5 Å². The molecule has 0 unspecified atom stereocenters. The van der Waals surface area contributed by atoms with E-state index in [1.807, 2.05) is 30.3 Å². The molecule has 3 nitrogen and oxygen atoms in total. The highest BCUT2D eigenvalue weighted by Gasteiger charge is 2.08. The highest BCUT2D eigenvalue weighted by atomic mass is 35.5. The number of para-hydroxylation sites is 1. The Bertz CT molecular complexity index is 582. The lowest BCUT2D eigenvalue weighted by Crippen LogP contribution is -2.07. The standard InChI is InChI=1S/C16H15ClO3/c1-2-19-16(18)11-12-8-9-14(17)15(10-12)20-13-6-4-3-5-7-13/h3-10H,2,11H2,1H3. The van der Waals surface area contributed by atoms with E-state index in [1.54, 1.807) is 25.1 Å². The number of hydrogen-bond acceptors (Lipinski definition) is 3. The SMILES string of the molecule is CCOC(=O)Cc1ccc(Cl)c(Oc2ccccc2)c1. The van der Waals surface area contributed by atoms with Gasteiger partial charge in [0, 0.05) is 0 Å². The Kier molecular flexibility index (Phi) is 5.02. The van der Waals surface area contributed by atoms with E-state index in [0.29, 0.717) is 23.1 Å². The fourth-order valence-corrected chi connectivity index (χ4v) is 1.89. The van der Waals surface area contributed by atoms with Gasteiger partial charge in [-0.1, -0.05) is 35.9 Å². The third-order valence-electron chi connectivity index (χ3n) is 2.62. The average molecular weight is 291 g/mol. The van der Waals surface area contributed by atoms with Gasteiger partial charge < -0.3 is 9.47 Å². The van der Waals surface area contributed by atoms with Crippen molar-refractivity contribution in [1.29, 1.82) is 0 Å². The minimum Gasteiger partial charge on any atom is -0.466 e. The zero-order valence-electron chi connectivity index (χ0n) is 11.1.